The van der Waals surface area contributed by atoms with Gasteiger partial charge in [0.15, 0.2) is 11.3 Å². The first-order valence-corrected chi connectivity index (χ1v) is 8.88. The molecule has 23 heavy (non-hydrogen) atoms. The summed E-state index contributed by atoms with van der Waals surface area (Å²) >= 11 is 1.72. The van der Waals surface area contributed by atoms with Gasteiger partial charge in [-0.3, -0.25) is 10.9 Å². The third kappa shape index (κ3) is 3.11. The first-order chi connectivity index (χ1) is 11.3. The van der Waals surface area contributed by atoms with Crippen LogP contribution in [-0.2, 0) is 0 Å². The van der Waals surface area contributed by atoms with Gasteiger partial charge < -0.3 is 10.2 Å². The second-order valence-electron chi connectivity index (χ2n) is 6.29. The van der Waals surface area contributed by atoms with Crippen molar-refractivity contribution in [2.45, 2.75) is 12.3 Å². The van der Waals surface area contributed by atoms with Gasteiger partial charge in [-0.1, -0.05) is 17.4 Å². The van der Waals surface area contributed by atoms with Gasteiger partial charge >= 0.3 is 0 Å². The van der Waals surface area contributed by atoms with E-state index in [1.807, 2.05) is 4.90 Å². The standard InChI is InChI=1S/C16H20N6S/c17-10-22-4-3-11(9-22)6-18-16-21-14-2-1-12(5-15(14)23-16)13-7-19-20-8-13/h1-2,5,11,13,19-20H,3-4,6-9H2,(H,18,21). The molecule has 0 amide bonds. The smallest absolute Gasteiger partial charge is 0.183 e. The minimum atomic E-state index is 0.535. The van der Waals surface area contributed by atoms with Gasteiger partial charge in [0.05, 0.1) is 10.2 Å². The van der Waals surface area contributed by atoms with E-state index in [1.54, 1.807) is 11.3 Å². The van der Waals surface area contributed by atoms with Crippen LogP contribution in [0.2, 0.25) is 0 Å². The normalized spacial score (nSPS) is 21.9. The number of nitriles is 1. The maximum atomic E-state index is 8.92. The Morgan fingerprint density at radius 2 is 2.26 bits per heavy atom. The van der Waals surface area contributed by atoms with E-state index in [1.165, 1.54) is 10.3 Å². The lowest BCUT2D eigenvalue weighted by atomic mass is 10.0. The third-order valence-corrected chi connectivity index (χ3v) is 5.65. The maximum absolute atomic E-state index is 8.92. The highest BCUT2D eigenvalue weighted by Gasteiger charge is 2.21. The Balaban J connectivity index is 1.43. The number of nitrogens with zero attached hydrogens (tertiary/aromatic N) is 3. The molecule has 6 nitrogen and oxygen atoms in total. The molecule has 1 atom stereocenters. The zero-order valence-electron chi connectivity index (χ0n) is 12.9. The van der Waals surface area contributed by atoms with E-state index >= 15 is 0 Å². The molecule has 1 aromatic heterocycles. The Labute approximate surface area is 139 Å². The fourth-order valence-electron chi connectivity index (χ4n) is 3.29. The van der Waals surface area contributed by atoms with Crippen LogP contribution in [0.5, 0.6) is 0 Å². The zero-order valence-corrected chi connectivity index (χ0v) is 13.7. The van der Waals surface area contributed by atoms with Gasteiger partial charge in [-0.25, -0.2) is 4.98 Å². The molecule has 1 unspecified atom stereocenters. The van der Waals surface area contributed by atoms with Gasteiger partial charge in [-0.2, -0.15) is 5.26 Å². The van der Waals surface area contributed by atoms with Crippen LogP contribution in [0.15, 0.2) is 18.2 Å². The number of hydrazine groups is 1. The van der Waals surface area contributed by atoms with Gasteiger partial charge in [0.1, 0.15) is 0 Å². The van der Waals surface area contributed by atoms with E-state index in [9.17, 15) is 0 Å². The van der Waals surface area contributed by atoms with Crippen molar-refractivity contribution in [3.05, 3.63) is 23.8 Å². The molecular weight excluding hydrogens is 308 g/mol. The quantitative estimate of drug-likeness (QED) is 0.742. The molecule has 4 rings (SSSR count). The molecule has 7 heteroatoms. The van der Waals surface area contributed by atoms with E-state index in [-0.39, 0.29) is 0 Å². The van der Waals surface area contributed by atoms with E-state index < -0.39 is 0 Å². The molecule has 0 bridgehead atoms. The average Bonchev–Trinajstić information content (AvgIpc) is 3.30. The number of nitrogens with one attached hydrogen (secondary N) is 3. The molecular formula is C16H20N6S. The Hall–Kier alpha value is -1.88. The van der Waals surface area contributed by atoms with Crippen molar-refractivity contribution >= 4 is 26.7 Å². The molecule has 2 aliphatic rings. The summed E-state index contributed by atoms with van der Waals surface area (Å²) in [6.07, 6.45) is 3.31. The molecule has 1 aromatic carbocycles. The van der Waals surface area contributed by atoms with E-state index in [0.29, 0.717) is 11.8 Å². The number of hydrogen-bond acceptors (Lipinski definition) is 7. The van der Waals surface area contributed by atoms with Crippen LogP contribution in [-0.4, -0.2) is 42.6 Å². The summed E-state index contributed by atoms with van der Waals surface area (Å²) in [7, 11) is 0. The number of benzene rings is 1. The lowest BCUT2D eigenvalue weighted by molar-refractivity contribution is 0.461. The fraction of sp³-hybridized carbons (Fsp3) is 0.500. The zero-order chi connectivity index (χ0) is 15.6. The molecule has 2 aromatic rings. The highest BCUT2D eigenvalue weighted by atomic mass is 32.1. The molecule has 120 valence electrons. The van der Waals surface area contributed by atoms with Crippen molar-refractivity contribution in [1.82, 2.24) is 20.7 Å². The van der Waals surface area contributed by atoms with Crippen molar-refractivity contribution in [3.63, 3.8) is 0 Å². The predicted octanol–water partition coefficient (Wildman–Crippen LogP) is 1.70. The highest BCUT2D eigenvalue weighted by Crippen LogP contribution is 2.30. The van der Waals surface area contributed by atoms with Crippen LogP contribution in [0.3, 0.4) is 0 Å². The largest absolute Gasteiger partial charge is 0.361 e. The molecule has 2 aliphatic heterocycles. The molecule has 3 N–H and O–H groups in total. The number of fused-ring (bicyclic) bond motifs is 1. The minimum absolute atomic E-state index is 0.535. The summed E-state index contributed by atoms with van der Waals surface area (Å²) in [6, 6.07) is 6.58. The summed E-state index contributed by atoms with van der Waals surface area (Å²) < 4.78 is 1.24. The van der Waals surface area contributed by atoms with E-state index in [2.05, 4.69) is 45.5 Å². The minimum Gasteiger partial charge on any atom is -0.361 e. The highest BCUT2D eigenvalue weighted by molar-refractivity contribution is 7.22. The number of aromatic nitrogens is 1. The van der Waals surface area contributed by atoms with Crippen molar-refractivity contribution < 1.29 is 0 Å². The first kappa shape index (κ1) is 14.7. The first-order valence-electron chi connectivity index (χ1n) is 8.06. The third-order valence-electron chi connectivity index (χ3n) is 4.68. The summed E-state index contributed by atoms with van der Waals surface area (Å²) in [5.74, 6) is 1.07. The molecule has 0 spiro atoms. The lowest BCUT2D eigenvalue weighted by Gasteiger charge is -2.09. The van der Waals surface area contributed by atoms with Crippen LogP contribution in [0.25, 0.3) is 10.2 Å². The molecule has 0 radical (unpaired) electrons. The topological polar surface area (TPSA) is 76.0 Å². The maximum Gasteiger partial charge on any atom is 0.183 e. The van der Waals surface area contributed by atoms with Crippen molar-refractivity contribution in [3.8, 4) is 6.19 Å². The Bertz CT molecular complexity index is 730. The van der Waals surface area contributed by atoms with Gasteiger partial charge in [-0.05, 0) is 30.0 Å². The van der Waals surface area contributed by atoms with Crippen molar-refractivity contribution in [2.24, 2.45) is 5.92 Å². The SMILES string of the molecule is N#CN1CCC(CNc2nc3ccc(C4CNNC4)cc3s2)C1. The van der Waals surface area contributed by atoms with Crippen molar-refractivity contribution in [2.75, 3.05) is 38.0 Å². The Morgan fingerprint density at radius 3 is 3.04 bits per heavy atom. The van der Waals surface area contributed by atoms with Crippen LogP contribution < -0.4 is 16.2 Å². The van der Waals surface area contributed by atoms with Gasteiger partial charge in [0.2, 0.25) is 0 Å². The molecule has 0 aliphatic carbocycles. The number of hydrogen-bond donors (Lipinski definition) is 3. The average molecular weight is 328 g/mol. The summed E-state index contributed by atoms with van der Waals surface area (Å²) in [5, 5.41) is 13.4. The number of likely N-dealkylation sites (tertiary alicyclic amines) is 1. The second kappa shape index (κ2) is 6.32. The Kier molecular flexibility index (Phi) is 4.04. The van der Waals surface area contributed by atoms with Crippen LogP contribution in [0.4, 0.5) is 5.13 Å². The van der Waals surface area contributed by atoms with Crippen LogP contribution >= 0.6 is 11.3 Å². The molecule has 2 saturated heterocycles. The van der Waals surface area contributed by atoms with E-state index in [4.69, 9.17) is 5.26 Å². The summed E-state index contributed by atoms with van der Waals surface area (Å²) in [4.78, 5) is 6.51. The number of thiazole rings is 1. The number of anilines is 1. The molecule has 0 saturated carbocycles. The van der Waals surface area contributed by atoms with Crippen LogP contribution in [0, 0.1) is 17.4 Å². The van der Waals surface area contributed by atoms with Crippen LogP contribution in [0.1, 0.15) is 17.9 Å². The molecule has 3 heterocycles. The van der Waals surface area contributed by atoms with Gasteiger partial charge in [0, 0.05) is 38.6 Å². The second-order valence-corrected chi connectivity index (χ2v) is 7.32. The van der Waals surface area contributed by atoms with E-state index in [0.717, 1.165) is 49.8 Å². The predicted molar refractivity (Wildman–Crippen MR) is 92.1 cm³/mol. The van der Waals surface area contributed by atoms with Gasteiger partial charge in [-0.15, -0.1) is 0 Å². The monoisotopic (exact) mass is 328 g/mol. The lowest BCUT2D eigenvalue weighted by Crippen LogP contribution is -2.21. The Morgan fingerprint density at radius 1 is 1.39 bits per heavy atom. The fourth-order valence-corrected chi connectivity index (χ4v) is 4.21. The van der Waals surface area contributed by atoms with Crippen molar-refractivity contribution in [1.29, 1.82) is 5.26 Å². The number of rotatable bonds is 4. The van der Waals surface area contributed by atoms with Gasteiger partial charge in [0.25, 0.3) is 0 Å². The summed E-state index contributed by atoms with van der Waals surface area (Å²) in [5.41, 5.74) is 8.79. The molecule has 2 fully saturated rings. The summed E-state index contributed by atoms with van der Waals surface area (Å²) in [6.45, 7) is 4.59.